The van der Waals surface area contributed by atoms with Crippen LogP contribution in [0, 0.1) is 6.92 Å². The van der Waals surface area contributed by atoms with Gasteiger partial charge in [0.25, 0.3) is 5.78 Å². The van der Waals surface area contributed by atoms with Crippen molar-refractivity contribution in [2.45, 2.75) is 20.3 Å². The normalized spacial score (nSPS) is 11.1. The van der Waals surface area contributed by atoms with Crippen LogP contribution in [-0.2, 0) is 6.42 Å². The molecule has 1 aromatic carbocycles. The second-order valence-electron chi connectivity index (χ2n) is 5.58. The van der Waals surface area contributed by atoms with Crippen LogP contribution in [0.1, 0.15) is 18.2 Å². The molecule has 3 aromatic heterocycles. The third-order valence-electron chi connectivity index (χ3n) is 3.82. The zero-order valence-electron chi connectivity index (χ0n) is 13.5. The van der Waals surface area contributed by atoms with Gasteiger partial charge in [0.2, 0.25) is 5.82 Å². The van der Waals surface area contributed by atoms with Crippen LogP contribution in [0.2, 0.25) is 0 Å². The van der Waals surface area contributed by atoms with Crippen LogP contribution >= 0.6 is 0 Å². The third kappa shape index (κ3) is 2.62. The minimum Gasteiger partial charge on any atom is -0.461 e. The maximum Gasteiger partial charge on any atom is 0.255 e. The van der Waals surface area contributed by atoms with E-state index in [9.17, 15) is 0 Å². The van der Waals surface area contributed by atoms with Crippen LogP contribution in [0.25, 0.3) is 17.4 Å². The number of hydrogen-bond donors (Lipinski definition) is 1. The lowest BCUT2D eigenvalue weighted by molar-refractivity contribution is 0.577. The van der Waals surface area contributed by atoms with Gasteiger partial charge < -0.3 is 9.73 Å². The predicted octanol–water partition coefficient (Wildman–Crippen LogP) is 4.00. The lowest BCUT2D eigenvalue weighted by Crippen LogP contribution is -2.02. The van der Waals surface area contributed by atoms with Gasteiger partial charge in [0.05, 0.1) is 6.26 Å². The molecule has 0 saturated carbocycles. The smallest absolute Gasteiger partial charge is 0.255 e. The van der Waals surface area contributed by atoms with E-state index in [1.54, 1.807) is 10.8 Å². The molecule has 4 aromatic rings. The summed E-state index contributed by atoms with van der Waals surface area (Å²) in [6.45, 7) is 4.08. The Hall–Kier alpha value is -3.15. The molecule has 6 nitrogen and oxygen atoms in total. The van der Waals surface area contributed by atoms with Crippen molar-refractivity contribution >= 4 is 17.3 Å². The standard InChI is InChI=1S/C18H17N5O/c1-3-13-6-8-14(9-7-13)20-16-11-12(2)19-18-21-17(22-23(16)18)15-5-4-10-24-15/h4-11,20H,3H2,1-2H3. The fourth-order valence-corrected chi connectivity index (χ4v) is 2.56. The lowest BCUT2D eigenvalue weighted by Gasteiger charge is -2.09. The molecule has 0 aliphatic carbocycles. The first kappa shape index (κ1) is 14.4. The molecule has 0 atom stereocenters. The molecular weight excluding hydrogens is 302 g/mol. The molecule has 0 fully saturated rings. The number of aryl methyl sites for hydroxylation is 2. The number of benzene rings is 1. The molecule has 0 amide bonds. The highest BCUT2D eigenvalue weighted by atomic mass is 16.3. The summed E-state index contributed by atoms with van der Waals surface area (Å²) in [7, 11) is 0. The number of furan rings is 1. The van der Waals surface area contributed by atoms with Crippen molar-refractivity contribution in [1.29, 1.82) is 0 Å². The molecule has 0 aliphatic heterocycles. The zero-order valence-corrected chi connectivity index (χ0v) is 13.5. The van der Waals surface area contributed by atoms with Crippen molar-refractivity contribution in [3.05, 3.63) is 60.0 Å². The van der Waals surface area contributed by atoms with Gasteiger partial charge in [-0.3, -0.25) is 0 Å². The first-order valence-corrected chi connectivity index (χ1v) is 7.87. The molecule has 0 unspecified atom stereocenters. The first-order valence-electron chi connectivity index (χ1n) is 7.87. The van der Waals surface area contributed by atoms with Crippen LogP contribution in [-0.4, -0.2) is 19.6 Å². The average Bonchev–Trinajstić information content (AvgIpc) is 3.24. The molecule has 0 bridgehead atoms. The Balaban J connectivity index is 1.76. The van der Waals surface area contributed by atoms with E-state index in [4.69, 9.17) is 4.42 Å². The zero-order chi connectivity index (χ0) is 16.5. The van der Waals surface area contributed by atoms with E-state index in [-0.39, 0.29) is 0 Å². The summed E-state index contributed by atoms with van der Waals surface area (Å²) in [6, 6.07) is 13.9. The van der Waals surface area contributed by atoms with Crippen molar-refractivity contribution in [3.8, 4) is 11.6 Å². The van der Waals surface area contributed by atoms with Crippen LogP contribution < -0.4 is 5.32 Å². The van der Waals surface area contributed by atoms with Crippen molar-refractivity contribution in [2.24, 2.45) is 0 Å². The number of fused-ring (bicyclic) bond motifs is 1. The summed E-state index contributed by atoms with van der Waals surface area (Å²) in [5, 5.41) is 7.90. The Bertz CT molecular complexity index is 971. The fraction of sp³-hybridized carbons (Fsp3) is 0.167. The molecule has 6 heteroatoms. The van der Waals surface area contributed by atoms with Crippen molar-refractivity contribution in [3.63, 3.8) is 0 Å². The number of aromatic nitrogens is 4. The second kappa shape index (κ2) is 5.81. The van der Waals surface area contributed by atoms with Gasteiger partial charge in [-0.15, -0.1) is 5.10 Å². The van der Waals surface area contributed by atoms with E-state index in [1.165, 1.54) is 5.56 Å². The van der Waals surface area contributed by atoms with E-state index in [1.807, 2.05) is 25.1 Å². The SMILES string of the molecule is CCc1ccc(Nc2cc(C)nc3nc(-c4ccco4)nn23)cc1. The van der Waals surface area contributed by atoms with Gasteiger partial charge in [-0.1, -0.05) is 19.1 Å². The summed E-state index contributed by atoms with van der Waals surface area (Å²) in [5.74, 6) is 2.49. The van der Waals surface area contributed by atoms with E-state index >= 15 is 0 Å². The Kier molecular flexibility index (Phi) is 3.49. The highest BCUT2D eigenvalue weighted by molar-refractivity contribution is 5.60. The summed E-state index contributed by atoms with van der Waals surface area (Å²) >= 11 is 0. The van der Waals surface area contributed by atoms with Crippen molar-refractivity contribution < 1.29 is 4.42 Å². The number of hydrogen-bond acceptors (Lipinski definition) is 5. The Morgan fingerprint density at radius 3 is 2.67 bits per heavy atom. The predicted molar refractivity (Wildman–Crippen MR) is 92.3 cm³/mol. The third-order valence-corrected chi connectivity index (χ3v) is 3.82. The minimum absolute atomic E-state index is 0.516. The second-order valence-corrected chi connectivity index (χ2v) is 5.58. The Labute approximate surface area is 139 Å². The summed E-state index contributed by atoms with van der Waals surface area (Å²) in [6.07, 6.45) is 2.63. The van der Waals surface area contributed by atoms with E-state index in [0.29, 0.717) is 17.4 Å². The van der Waals surface area contributed by atoms with Crippen molar-refractivity contribution in [2.75, 3.05) is 5.32 Å². The van der Waals surface area contributed by atoms with Gasteiger partial charge in [-0.25, -0.2) is 4.98 Å². The quantitative estimate of drug-likeness (QED) is 0.616. The fourth-order valence-electron chi connectivity index (χ4n) is 2.56. The summed E-state index contributed by atoms with van der Waals surface area (Å²) < 4.78 is 7.07. The molecule has 0 aliphatic rings. The topological polar surface area (TPSA) is 68.2 Å². The highest BCUT2D eigenvalue weighted by Gasteiger charge is 2.13. The lowest BCUT2D eigenvalue weighted by atomic mass is 10.1. The van der Waals surface area contributed by atoms with Crippen LogP contribution in [0.4, 0.5) is 11.5 Å². The van der Waals surface area contributed by atoms with Gasteiger partial charge in [0.15, 0.2) is 5.76 Å². The molecule has 0 spiro atoms. The highest BCUT2D eigenvalue weighted by Crippen LogP contribution is 2.21. The number of nitrogens with zero attached hydrogens (tertiary/aromatic N) is 4. The van der Waals surface area contributed by atoms with Gasteiger partial charge in [0, 0.05) is 17.4 Å². The maximum atomic E-state index is 5.38. The molecule has 3 heterocycles. The van der Waals surface area contributed by atoms with Gasteiger partial charge in [-0.05, 0) is 43.2 Å². The number of nitrogens with one attached hydrogen (secondary N) is 1. The average molecular weight is 319 g/mol. The number of rotatable bonds is 4. The Morgan fingerprint density at radius 2 is 1.96 bits per heavy atom. The monoisotopic (exact) mass is 319 g/mol. The largest absolute Gasteiger partial charge is 0.461 e. The van der Waals surface area contributed by atoms with Gasteiger partial charge in [0.1, 0.15) is 5.82 Å². The molecule has 4 rings (SSSR count). The number of anilines is 2. The van der Waals surface area contributed by atoms with E-state index in [2.05, 4.69) is 51.6 Å². The Morgan fingerprint density at radius 1 is 1.12 bits per heavy atom. The molecule has 120 valence electrons. The van der Waals surface area contributed by atoms with E-state index < -0.39 is 0 Å². The molecule has 0 radical (unpaired) electrons. The van der Waals surface area contributed by atoms with E-state index in [0.717, 1.165) is 23.6 Å². The molecule has 0 saturated heterocycles. The summed E-state index contributed by atoms with van der Waals surface area (Å²) in [4.78, 5) is 8.90. The van der Waals surface area contributed by atoms with Crippen LogP contribution in [0.5, 0.6) is 0 Å². The minimum atomic E-state index is 0.516. The summed E-state index contributed by atoms with van der Waals surface area (Å²) in [5.41, 5.74) is 3.17. The van der Waals surface area contributed by atoms with Gasteiger partial charge >= 0.3 is 0 Å². The molecule has 24 heavy (non-hydrogen) atoms. The first-order chi connectivity index (χ1) is 11.7. The maximum absolute atomic E-state index is 5.38. The van der Waals surface area contributed by atoms with Crippen LogP contribution in [0.3, 0.4) is 0 Å². The van der Waals surface area contributed by atoms with Crippen molar-refractivity contribution in [1.82, 2.24) is 19.6 Å². The molecule has 1 N–H and O–H groups in total. The molecular formula is C18H17N5O. The van der Waals surface area contributed by atoms with Crippen LogP contribution in [0.15, 0.2) is 53.1 Å². The van der Waals surface area contributed by atoms with Gasteiger partial charge in [-0.2, -0.15) is 9.50 Å².